The van der Waals surface area contributed by atoms with Crippen molar-refractivity contribution >= 4 is 49.4 Å². The summed E-state index contributed by atoms with van der Waals surface area (Å²) in [6, 6.07) is 10.6. The Bertz CT molecular complexity index is 1560. The van der Waals surface area contributed by atoms with Crippen molar-refractivity contribution in [2.45, 2.75) is 57.0 Å². The smallest absolute Gasteiger partial charge is 0.338 e. The third kappa shape index (κ3) is 6.13. The first kappa shape index (κ1) is 28.7. The van der Waals surface area contributed by atoms with E-state index in [1.54, 1.807) is 34.0 Å². The summed E-state index contributed by atoms with van der Waals surface area (Å²) in [6.07, 6.45) is 3.43. The van der Waals surface area contributed by atoms with Crippen LogP contribution in [0.3, 0.4) is 0 Å². The highest BCUT2D eigenvalue weighted by Gasteiger charge is 2.32. The number of benzene rings is 2. The quantitative estimate of drug-likeness (QED) is 0.376. The molecule has 39 heavy (non-hydrogen) atoms. The highest BCUT2D eigenvalue weighted by molar-refractivity contribution is 7.89. The molecule has 0 aliphatic carbocycles. The number of piperidine rings is 1. The van der Waals surface area contributed by atoms with Crippen molar-refractivity contribution in [3.05, 3.63) is 58.4 Å². The molecule has 208 valence electrons. The number of thiazole rings is 1. The number of amides is 1. The Morgan fingerprint density at radius 2 is 1.77 bits per heavy atom. The van der Waals surface area contributed by atoms with Crippen LogP contribution in [-0.4, -0.2) is 61.4 Å². The van der Waals surface area contributed by atoms with Crippen LogP contribution in [0.1, 0.15) is 60.2 Å². The first-order valence-corrected chi connectivity index (χ1v) is 15.0. The maximum atomic E-state index is 13.3. The second kappa shape index (κ2) is 12.2. The molecular weight excluding hydrogens is 542 g/mol. The van der Waals surface area contributed by atoms with E-state index in [0.717, 1.165) is 37.0 Å². The van der Waals surface area contributed by atoms with Crippen molar-refractivity contribution in [2.24, 2.45) is 4.99 Å². The minimum Gasteiger partial charge on any atom is -0.468 e. The number of methoxy groups -OCH3 is 1. The SMILES string of the molecule is CCOC(=O)c1ccc2c(c1)sc(=NC(=O)c1ccc(S(=O)(=O)N3CCCCC3CC)cc1)n2CC(=O)OC. The lowest BCUT2D eigenvalue weighted by Gasteiger charge is -2.34. The second-order valence-corrected chi connectivity index (χ2v) is 12.0. The number of hydrogen-bond acceptors (Lipinski definition) is 8. The van der Waals surface area contributed by atoms with E-state index in [4.69, 9.17) is 9.47 Å². The first-order valence-electron chi connectivity index (χ1n) is 12.8. The standard InChI is InChI=1S/C27H31N3O7S2/c1-4-20-8-6-7-15-30(20)39(34,35)21-12-9-18(10-13-21)25(32)28-27-29(17-24(31)36-3)22-14-11-19(16-23(22)38-27)26(33)37-5-2/h9-14,16,20H,4-8,15,17H2,1-3H3. The zero-order valence-electron chi connectivity index (χ0n) is 22.1. The van der Waals surface area contributed by atoms with Gasteiger partial charge < -0.3 is 14.0 Å². The van der Waals surface area contributed by atoms with Crippen LogP contribution in [0.2, 0.25) is 0 Å². The second-order valence-electron chi connectivity index (χ2n) is 9.06. The van der Waals surface area contributed by atoms with Gasteiger partial charge in [0.05, 0.1) is 34.4 Å². The number of esters is 2. The van der Waals surface area contributed by atoms with E-state index in [1.165, 1.54) is 31.4 Å². The summed E-state index contributed by atoms with van der Waals surface area (Å²) in [7, 11) is -2.42. The van der Waals surface area contributed by atoms with Gasteiger partial charge in [-0.25, -0.2) is 13.2 Å². The molecule has 4 rings (SSSR count). The maximum Gasteiger partial charge on any atom is 0.338 e. The molecule has 1 unspecified atom stereocenters. The fraction of sp³-hybridized carbons (Fsp3) is 0.407. The van der Waals surface area contributed by atoms with E-state index in [1.807, 2.05) is 6.92 Å². The van der Waals surface area contributed by atoms with Gasteiger partial charge in [0, 0.05) is 18.2 Å². The van der Waals surface area contributed by atoms with Crippen LogP contribution < -0.4 is 4.80 Å². The Kier molecular flexibility index (Phi) is 8.98. The summed E-state index contributed by atoms with van der Waals surface area (Å²) in [6.45, 7) is 4.23. The molecule has 0 bridgehead atoms. The molecule has 1 aliphatic rings. The van der Waals surface area contributed by atoms with Crippen LogP contribution in [0.5, 0.6) is 0 Å². The summed E-state index contributed by atoms with van der Waals surface area (Å²) >= 11 is 1.14. The van der Waals surface area contributed by atoms with E-state index in [2.05, 4.69) is 4.99 Å². The number of hydrogen-bond donors (Lipinski definition) is 0. The summed E-state index contributed by atoms with van der Waals surface area (Å²) in [5.74, 6) is -1.61. The number of sulfonamides is 1. The Morgan fingerprint density at radius 3 is 2.44 bits per heavy atom. The van der Waals surface area contributed by atoms with Gasteiger partial charge >= 0.3 is 11.9 Å². The molecule has 0 saturated carbocycles. The van der Waals surface area contributed by atoms with E-state index < -0.39 is 27.9 Å². The van der Waals surface area contributed by atoms with Gasteiger partial charge in [-0.1, -0.05) is 24.7 Å². The van der Waals surface area contributed by atoms with Gasteiger partial charge in [0.1, 0.15) is 6.54 Å². The minimum absolute atomic E-state index is 0.0254. The summed E-state index contributed by atoms with van der Waals surface area (Å²) in [4.78, 5) is 42.0. The fourth-order valence-electron chi connectivity index (χ4n) is 4.60. The number of carbonyl (C=O) groups is 3. The first-order chi connectivity index (χ1) is 18.7. The molecule has 1 aliphatic heterocycles. The maximum absolute atomic E-state index is 13.3. The number of ether oxygens (including phenoxy) is 2. The normalized spacial score (nSPS) is 16.8. The Hall–Kier alpha value is -3.35. The number of aromatic nitrogens is 1. The molecule has 1 aromatic heterocycles. The number of nitrogens with zero attached hydrogens (tertiary/aromatic N) is 3. The number of rotatable bonds is 8. The molecule has 0 radical (unpaired) electrons. The number of fused-ring (bicyclic) bond motifs is 1. The summed E-state index contributed by atoms with van der Waals surface area (Å²) < 4.78 is 40.1. The highest BCUT2D eigenvalue weighted by atomic mass is 32.2. The van der Waals surface area contributed by atoms with Crippen molar-refractivity contribution in [3.63, 3.8) is 0 Å². The monoisotopic (exact) mass is 573 g/mol. The van der Waals surface area contributed by atoms with Crippen molar-refractivity contribution in [1.29, 1.82) is 0 Å². The minimum atomic E-state index is -3.68. The Morgan fingerprint density at radius 1 is 1.05 bits per heavy atom. The average molecular weight is 574 g/mol. The molecule has 12 heteroatoms. The van der Waals surface area contributed by atoms with Gasteiger partial charge in [0.2, 0.25) is 10.0 Å². The molecule has 1 fully saturated rings. The van der Waals surface area contributed by atoms with Crippen LogP contribution in [0.4, 0.5) is 0 Å². The Balaban J connectivity index is 1.68. The molecule has 0 spiro atoms. The van der Waals surface area contributed by atoms with Crippen LogP contribution in [0.15, 0.2) is 52.4 Å². The molecule has 0 N–H and O–H groups in total. The molecule has 1 atom stereocenters. The lowest BCUT2D eigenvalue weighted by Crippen LogP contribution is -2.43. The average Bonchev–Trinajstić information content (AvgIpc) is 3.28. The van der Waals surface area contributed by atoms with Crippen molar-refractivity contribution in [2.75, 3.05) is 20.3 Å². The summed E-state index contributed by atoms with van der Waals surface area (Å²) in [5, 5.41) is 0. The topological polar surface area (TPSA) is 124 Å². The van der Waals surface area contributed by atoms with E-state index >= 15 is 0 Å². The van der Waals surface area contributed by atoms with Crippen LogP contribution in [0.25, 0.3) is 10.2 Å². The van der Waals surface area contributed by atoms with Gasteiger partial charge in [0.25, 0.3) is 5.91 Å². The lowest BCUT2D eigenvalue weighted by atomic mass is 10.0. The zero-order valence-corrected chi connectivity index (χ0v) is 23.7. The summed E-state index contributed by atoms with van der Waals surface area (Å²) in [5.41, 5.74) is 1.14. The molecule has 3 aromatic rings. The molecule has 1 amide bonds. The Labute approximate surface area is 230 Å². The highest BCUT2D eigenvalue weighted by Crippen LogP contribution is 2.27. The van der Waals surface area contributed by atoms with Crippen LogP contribution >= 0.6 is 11.3 Å². The van der Waals surface area contributed by atoms with Gasteiger partial charge in [-0.2, -0.15) is 9.30 Å². The van der Waals surface area contributed by atoms with Gasteiger partial charge in [0.15, 0.2) is 4.80 Å². The molecule has 2 heterocycles. The van der Waals surface area contributed by atoms with E-state index in [0.29, 0.717) is 22.3 Å². The predicted octanol–water partition coefficient (Wildman–Crippen LogP) is 3.75. The van der Waals surface area contributed by atoms with Crippen LogP contribution in [0, 0.1) is 0 Å². The lowest BCUT2D eigenvalue weighted by molar-refractivity contribution is -0.141. The van der Waals surface area contributed by atoms with Crippen molar-refractivity contribution in [3.8, 4) is 0 Å². The molecular formula is C27H31N3O7S2. The molecule has 10 nitrogen and oxygen atoms in total. The van der Waals surface area contributed by atoms with Gasteiger partial charge in [-0.05, 0) is 68.7 Å². The zero-order chi connectivity index (χ0) is 28.2. The third-order valence-corrected chi connectivity index (χ3v) is 9.67. The fourth-order valence-corrected chi connectivity index (χ4v) is 7.44. The molecule has 1 saturated heterocycles. The molecule has 2 aromatic carbocycles. The number of carbonyl (C=O) groups excluding carboxylic acids is 3. The van der Waals surface area contributed by atoms with Gasteiger partial charge in [-0.15, -0.1) is 0 Å². The predicted molar refractivity (Wildman–Crippen MR) is 146 cm³/mol. The van der Waals surface area contributed by atoms with Crippen molar-refractivity contribution < 1.29 is 32.3 Å². The third-order valence-electron chi connectivity index (χ3n) is 6.66. The van der Waals surface area contributed by atoms with E-state index in [-0.39, 0.29) is 34.5 Å². The van der Waals surface area contributed by atoms with Crippen LogP contribution in [-0.2, 0) is 30.8 Å². The van der Waals surface area contributed by atoms with E-state index in [9.17, 15) is 22.8 Å². The van der Waals surface area contributed by atoms with Crippen molar-refractivity contribution in [1.82, 2.24) is 8.87 Å². The van der Waals surface area contributed by atoms with Gasteiger partial charge in [-0.3, -0.25) is 9.59 Å². The largest absolute Gasteiger partial charge is 0.468 e.